The standard InChI is InChI=1S/C16H33N4.C5H13O4P/c1-5-9-13-17-20-15(11-7-3)18-19(14-10-6-2)16(20)12-8-4;1-5(8-2,9-3)10(4,6)7/h17H,5-14H2,1-4H3;1-4H3,(H,6,7)/q+1;/p-1. The number of hydrogen-bond acceptors (Lipinski definition) is 6. The lowest BCUT2D eigenvalue weighted by atomic mass is 10.3. The highest BCUT2D eigenvalue weighted by atomic mass is 31.2. The highest BCUT2D eigenvalue weighted by Crippen LogP contribution is 2.47. The van der Waals surface area contributed by atoms with Crippen molar-refractivity contribution in [2.75, 3.05) is 32.9 Å². The first-order valence-corrected chi connectivity index (χ1v) is 13.4. The Morgan fingerprint density at radius 2 is 1.63 bits per heavy atom. The van der Waals surface area contributed by atoms with Crippen LogP contribution >= 0.6 is 7.37 Å². The van der Waals surface area contributed by atoms with Crippen molar-refractivity contribution in [1.82, 2.24) is 9.77 Å². The van der Waals surface area contributed by atoms with Gasteiger partial charge in [-0.1, -0.05) is 40.5 Å². The minimum Gasteiger partial charge on any atom is -0.796 e. The minimum atomic E-state index is -3.58. The molecule has 1 aromatic heterocycles. The van der Waals surface area contributed by atoms with E-state index in [2.05, 4.69) is 52.0 Å². The van der Waals surface area contributed by atoms with Crippen molar-refractivity contribution < 1.29 is 23.6 Å². The lowest BCUT2D eigenvalue weighted by Gasteiger charge is -2.36. The van der Waals surface area contributed by atoms with E-state index in [0.717, 1.165) is 39.0 Å². The maximum absolute atomic E-state index is 10.9. The van der Waals surface area contributed by atoms with E-state index in [1.54, 1.807) is 0 Å². The summed E-state index contributed by atoms with van der Waals surface area (Å²) in [7, 11) is -1.00. The highest BCUT2D eigenvalue weighted by molar-refractivity contribution is 7.57. The monoisotopic (exact) mass is 448 g/mol. The molecule has 0 amide bonds. The molecule has 0 aliphatic carbocycles. The molecule has 1 heterocycles. The molecule has 0 aliphatic rings. The van der Waals surface area contributed by atoms with Gasteiger partial charge < -0.3 is 18.9 Å². The lowest BCUT2D eigenvalue weighted by molar-refractivity contribution is -0.759. The van der Waals surface area contributed by atoms with Crippen LogP contribution in [0.5, 0.6) is 0 Å². The maximum atomic E-state index is 10.9. The molecule has 0 fully saturated rings. The second-order valence-electron chi connectivity index (χ2n) is 7.66. The minimum absolute atomic E-state index is 1.04. The normalized spacial score (nSPS) is 13.5. The van der Waals surface area contributed by atoms with Gasteiger partial charge in [-0.15, -0.1) is 9.36 Å². The number of unbranched alkanes of at least 4 members (excludes halogenated alkanes) is 2. The second-order valence-corrected chi connectivity index (χ2v) is 10.2. The summed E-state index contributed by atoms with van der Waals surface area (Å²) in [6.07, 6.45) is 9.32. The van der Waals surface area contributed by atoms with E-state index in [1.165, 1.54) is 64.9 Å². The Kier molecular flexibility index (Phi) is 14.5. The van der Waals surface area contributed by atoms with Gasteiger partial charge in [0.2, 0.25) is 5.53 Å². The summed E-state index contributed by atoms with van der Waals surface area (Å²) in [6, 6.07) is 0. The van der Waals surface area contributed by atoms with E-state index in [1.807, 2.05) is 0 Å². The highest BCUT2D eigenvalue weighted by Gasteiger charge is 2.31. The molecule has 0 spiro atoms. The van der Waals surface area contributed by atoms with Crippen molar-refractivity contribution in [3.05, 3.63) is 11.6 Å². The van der Waals surface area contributed by atoms with E-state index in [4.69, 9.17) is 5.10 Å². The van der Waals surface area contributed by atoms with E-state index in [-0.39, 0.29) is 0 Å². The van der Waals surface area contributed by atoms with Crippen molar-refractivity contribution in [3.63, 3.8) is 0 Å². The largest absolute Gasteiger partial charge is 0.796 e. The number of nitrogens with one attached hydrogen (secondary N) is 1. The molecule has 0 saturated carbocycles. The van der Waals surface area contributed by atoms with Crippen molar-refractivity contribution in [2.24, 2.45) is 0 Å². The second kappa shape index (κ2) is 15.0. The van der Waals surface area contributed by atoms with Crippen molar-refractivity contribution >= 4 is 7.37 Å². The fourth-order valence-electron chi connectivity index (χ4n) is 2.81. The maximum Gasteiger partial charge on any atom is 0.302 e. The third-order valence-electron chi connectivity index (χ3n) is 5.02. The van der Waals surface area contributed by atoms with Crippen LogP contribution in [0.1, 0.15) is 84.8 Å². The van der Waals surface area contributed by atoms with Crippen LogP contribution in [0.2, 0.25) is 0 Å². The molecule has 0 aliphatic heterocycles. The molecule has 1 N–H and O–H groups in total. The van der Waals surface area contributed by atoms with Crippen LogP contribution in [0.4, 0.5) is 0 Å². The molecule has 0 radical (unpaired) electrons. The van der Waals surface area contributed by atoms with Gasteiger partial charge >= 0.3 is 5.82 Å². The molecule has 0 saturated heterocycles. The van der Waals surface area contributed by atoms with Gasteiger partial charge in [-0.05, 0) is 44.4 Å². The van der Waals surface area contributed by atoms with Gasteiger partial charge in [0.15, 0.2) is 0 Å². The lowest BCUT2D eigenvalue weighted by Crippen LogP contribution is -2.41. The summed E-state index contributed by atoms with van der Waals surface area (Å²) in [5, 5.41) is 4.85. The number of nitrogens with zero attached hydrogens (tertiary/aromatic N) is 3. The molecule has 178 valence electrons. The zero-order valence-corrected chi connectivity index (χ0v) is 21.4. The first kappa shape index (κ1) is 29.1. The average Bonchev–Trinajstić information content (AvgIpc) is 3.02. The Balaban J connectivity index is 0.000000710. The number of ether oxygens (including phenoxy) is 2. The Bertz CT molecular complexity index is 627. The predicted octanol–water partition coefficient (Wildman–Crippen LogP) is 3.44. The zero-order chi connectivity index (χ0) is 23.2. The third-order valence-corrected chi connectivity index (χ3v) is 6.86. The fraction of sp³-hybridized carbons (Fsp3) is 0.905. The number of methoxy groups -OCH3 is 2. The molecule has 1 aromatic rings. The summed E-state index contributed by atoms with van der Waals surface area (Å²) in [4.78, 5) is 10.9. The predicted molar refractivity (Wildman–Crippen MR) is 120 cm³/mol. The van der Waals surface area contributed by atoms with Crippen LogP contribution in [-0.4, -0.2) is 42.7 Å². The quantitative estimate of drug-likeness (QED) is 0.203. The van der Waals surface area contributed by atoms with Crippen LogP contribution < -0.4 is 15.0 Å². The SMILES string of the molecule is CCCCNn1c(CCC)n[n+](CCCC)c1CCC.COC(C)(OC)P(C)(=O)[O-]. The van der Waals surface area contributed by atoms with Gasteiger partial charge in [0.25, 0.3) is 5.82 Å². The van der Waals surface area contributed by atoms with Gasteiger partial charge in [-0.3, -0.25) is 5.43 Å². The molecule has 8 nitrogen and oxygen atoms in total. The third kappa shape index (κ3) is 9.04. The van der Waals surface area contributed by atoms with E-state index in [9.17, 15) is 9.46 Å². The summed E-state index contributed by atoms with van der Waals surface area (Å²) >= 11 is 0. The summed E-state index contributed by atoms with van der Waals surface area (Å²) in [5.41, 5.74) is 2.10. The molecule has 0 aromatic carbocycles. The van der Waals surface area contributed by atoms with E-state index < -0.39 is 12.9 Å². The topological polar surface area (TPSA) is 92.3 Å². The van der Waals surface area contributed by atoms with Crippen LogP contribution in [0, 0.1) is 0 Å². The van der Waals surface area contributed by atoms with Gasteiger partial charge in [0.05, 0.1) is 20.3 Å². The Morgan fingerprint density at radius 1 is 1.07 bits per heavy atom. The Hall–Kier alpha value is -0.950. The van der Waals surface area contributed by atoms with Crippen LogP contribution in [0.15, 0.2) is 0 Å². The van der Waals surface area contributed by atoms with Gasteiger partial charge in [-0.25, -0.2) is 0 Å². The van der Waals surface area contributed by atoms with Crippen molar-refractivity contribution in [2.45, 2.75) is 98.1 Å². The summed E-state index contributed by atoms with van der Waals surface area (Å²) < 4.78 is 24.7. The van der Waals surface area contributed by atoms with Crippen LogP contribution in [-0.2, 0) is 33.4 Å². The van der Waals surface area contributed by atoms with Gasteiger partial charge in [-0.2, -0.15) is 0 Å². The van der Waals surface area contributed by atoms with Crippen LogP contribution in [0.3, 0.4) is 0 Å². The number of rotatable bonds is 14. The van der Waals surface area contributed by atoms with E-state index in [0.29, 0.717) is 0 Å². The smallest absolute Gasteiger partial charge is 0.302 e. The first-order chi connectivity index (χ1) is 14.1. The number of aromatic nitrogens is 3. The van der Waals surface area contributed by atoms with Crippen molar-refractivity contribution in [3.8, 4) is 0 Å². The zero-order valence-electron chi connectivity index (χ0n) is 20.5. The Labute approximate surface area is 183 Å². The van der Waals surface area contributed by atoms with Gasteiger partial charge in [0, 0.05) is 20.6 Å². The first-order valence-electron chi connectivity index (χ1n) is 11.3. The van der Waals surface area contributed by atoms with Crippen molar-refractivity contribution in [1.29, 1.82) is 0 Å². The molecular weight excluding hydrogens is 403 g/mol. The molecule has 0 bridgehead atoms. The fourth-order valence-corrected chi connectivity index (χ4v) is 3.47. The van der Waals surface area contributed by atoms with Gasteiger partial charge in [0.1, 0.15) is 6.54 Å². The summed E-state index contributed by atoms with van der Waals surface area (Å²) in [5.74, 6) is 2.55. The van der Waals surface area contributed by atoms with Crippen LogP contribution in [0.25, 0.3) is 0 Å². The number of hydrogen-bond donors (Lipinski definition) is 1. The molecule has 9 heteroatoms. The molecule has 30 heavy (non-hydrogen) atoms. The molecule has 1 rings (SSSR count). The summed E-state index contributed by atoms with van der Waals surface area (Å²) in [6.45, 7) is 13.5. The molecular formula is C21H45N4O4P. The molecule has 1 atom stereocenters. The Morgan fingerprint density at radius 3 is 2.03 bits per heavy atom. The molecule has 1 unspecified atom stereocenters. The van der Waals surface area contributed by atoms with E-state index >= 15 is 0 Å². The number of aryl methyl sites for hydroxylation is 2. The average molecular weight is 449 g/mol.